The smallest absolute Gasteiger partial charge is 0.287 e. The van der Waals surface area contributed by atoms with Crippen molar-refractivity contribution < 1.29 is 27.9 Å². The number of amides is 2. The van der Waals surface area contributed by atoms with Crippen LogP contribution in [0.3, 0.4) is 0 Å². The number of nitroso groups, excluding NO2 is 1. The summed E-state index contributed by atoms with van der Waals surface area (Å²) in [6.07, 6.45) is 2.25. The Labute approximate surface area is 212 Å². The number of nitrogens with zero attached hydrogens (tertiary/aromatic N) is 2. The fourth-order valence-corrected chi connectivity index (χ4v) is 5.31. The van der Waals surface area contributed by atoms with Gasteiger partial charge in [0.05, 0.1) is 11.4 Å². The minimum absolute atomic E-state index is 0.126. The summed E-state index contributed by atoms with van der Waals surface area (Å²) in [6.45, 7) is 4.02. The van der Waals surface area contributed by atoms with Crippen LogP contribution in [0, 0.1) is 10.3 Å². The molecule has 1 aliphatic rings. The van der Waals surface area contributed by atoms with Crippen molar-refractivity contribution in [3.8, 4) is 0 Å². The maximum atomic E-state index is 12.7. The lowest BCUT2D eigenvalue weighted by molar-refractivity contribution is -0.138. The fourth-order valence-electron chi connectivity index (χ4n) is 3.79. The number of ketones is 1. The van der Waals surface area contributed by atoms with Crippen LogP contribution in [0.2, 0.25) is 0 Å². The lowest BCUT2D eigenvalue weighted by Crippen LogP contribution is -2.46. The van der Waals surface area contributed by atoms with Crippen LogP contribution < -0.4 is 10.6 Å². The van der Waals surface area contributed by atoms with E-state index in [1.165, 1.54) is 18.2 Å². The molecule has 0 spiro atoms. The average molecular weight is 525 g/mol. The van der Waals surface area contributed by atoms with E-state index in [4.69, 9.17) is 0 Å². The Hall–Kier alpha value is -2.70. The van der Waals surface area contributed by atoms with Crippen LogP contribution in [0.5, 0.6) is 0 Å². The molecule has 0 aromatic heterocycles. The maximum absolute atomic E-state index is 12.7. The van der Waals surface area contributed by atoms with E-state index in [1.54, 1.807) is 24.3 Å². The molecule has 200 valence electrons. The Balaban J connectivity index is 1.69. The molecule has 1 aliphatic heterocycles. The van der Waals surface area contributed by atoms with Gasteiger partial charge in [-0.2, -0.15) is 9.21 Å². The van der Waals surface area contributed by atoms with Crippen molar-refractivity contribution in [1.29, 1.82) is 0 Å². The van der Waals surface area contributed by atoms with Crippen LogP contribution >= 0.6 is 0 Å². The Kier molecular flexibility index (Phi) is 11.1. The third kappa shape index (κ3) is 8.45. The molecule has 1 saturated heterocycles. The zero-order valence-electron chi connectivity index (χ0n) is 20.9. The van der Waals surface area contributed by atoms with E-state index in [1.807, 2.05) is 0 Å². The zero-order chi connectivity index (χ0) is 26.8. The standard InChI is InChI=1S/C24H36N4O7S/c1-24(2,17-27-33)21(30)23(32)26-14-12-20(29)22(31)25-13-6-7-18-8-10-19(11-9-18)36(34,35)28-15-4-3-5-16-28/h8-11,21,30H,3-7,12-17H2,1-2H3,(H,25,31)(H,26,32). The normalized spacial score (nSPS) is 15.6. The van der Waals surface area contributed by atoms with Gasteiger partial charge in [-0.15, -0.1) is 0 Å². The molecule has 1 heterocycles. The lowest BCUT2D eigenvalue weighted by Gasteiger charge is -2.26. The summed E-state index contributed by atoms with van der Waals surface area (Å²) in [7, 11) is -3.47. The molecule has 1 unspecified atom stereocenters. The highest BCUT2D eigenvalue weighted by molar-refractivity contribution is 7.89. The minimum atomic E-state index is -3.47. The molecule has 0 bridgehead atoms. The summed E-state index contributed by atoms with van der Waals surface area (Å²) in [6, 6.07) is 6.72. The van der Waals surface area contributed by atoms with Crippen molar-refractivity contribution in [1.82, 2.24) is 14.9 Å². The van der Waals surface area contributed by atoms with E-state index < -0.39 is 39.1 Å². The molecule has 2 amide bonds. The van der Waals surface area contributed by atoms with Gasteiger partial charge in [0.25, 0.3) is 5.91 Å². The van der Waals surface area contributed by atoms with Gasteiger partial charge in [-0.25, -0.2) is 8.42 Å². The van der Waals surface area contributed by atoms with Gasteiger partial charge < -0.3 is 15.7 Å². The minimum Gasteiger partial charge on any atom is -0.383 e. The average Bonchev–Trinajstić information content (AvgIpc) is 2.86. The van der Waals surface area contributed by atoms with Crippen molar-refractivity contribution in [2.75, 3.05) is 32.7 Å². The number of piperidine rings is 1. The van der Waals surface area contributed by atoms with E-state index >= 15 is 0 Å². The summed E-state index contributed by atoms with van der Waals surface area (Å²) in [5.74, 6) is -2.21. The highest BCUT2D eigenvalue weighted by Crippen LogP contribution is 2.22. The largest absolute Gasteiger partial charge is 0.383 e. The van der Waals surface area contributed by atoms with Crippen LogP contribution in [-0.2, 0) is 30.8 Å². The number of aliphatic hydroxyl groups is 1. The Morgan fingerprint density at radius 3 is 2.31 bits per heavy atom. The Bertz CT molecular complexity index is 1020. The predicted molar refractivity (Wildman–Crippen MR) is 133 cm³/mol. The van der Waals surface area contributed by atoms with Gasteiger partial charge in [0.15, 0.2) is 0 Å². The van der Waals surface area contributed by atoms with Crippen molar-refractivity contribution in [2.24, 2.45) is 10.6 Å². The van der Waals surface area contributed by atoms with E-state index in [0.29, 0.717) is 25.9 Å². The number of benzene rings is 1. The quantitative estimate of drug-likeness (QED) is 0.187. The molecule has 1 aromatic rings. The van der Waals surface area contributed by atoms with E-state index in [2.05, 4.69) is 15.8 Å². The monoisotopic (exact) mass is 524 g/mol. The van der Waals surface area contributed by atoms with Crippen LogP contribution in [0.4, 0.5) is 0 Å². The number of sulfonamides is 1. The van der Waals surface area contributed by atoms with Crippen LogP contribution in [0.25, 0.3) is 0 Å². The third-order valence-corrected chi connectivity index (χ3v) is 8.08. The molecule has 0 saturated carbocycles. The first-order valence-corrected chi connectivity index (χ1v) is 13.6. The summed E-state index contributed by atoms with van der Waals surface area (Å²) in [5.41, 5.74) is -0.128. The number of carbonyl (C=O) groups is 3. The number of hydrogen-bond donors (Lipinski definition) is 3. The van der Waals surface area contributed by atoms with E-state index in [-0.39, 0.29) is 31.0 Å². The highest BCUT2D eigenvalue weighted by atomic mass is 32.2. The topological polar surface area (TPSA) is 162 Å². The van der Waals surface area contributed by atoms with Gasteiger partial charge in [0.1, 0.15) is 6.10 Å². The molecule has 0 radical (unpaired) electrons. The Morgan fingerprint density at radius 1 is 1.06 bits per heavy atom. The second-order valence-electron chi connectivity index (χ2n) is 9.61. The summed E-state index contributed by atoms with van der Waals surface area (Å²) in [5, 5.41) is 17.6. The van der Waals surface area contributed by atoms with Crippen molar-refractivity contribution in [2.45, 2.75) is 63.4 Å². The highest BCUT2D eigenvalue weighted by Gasteiger charge is 2.34. The zero-order valence-corrected chi connectivity index (χ0v) is 21.7. The number of aryl methyl sites for hydroxylation is 1. The molecule has 36 heavy (non-hydrogen) atoms. The number of nitrogens with one attached hydrogen (secondary N) is 2. The van der Waals surface area contributed by atoms with Crippen molar-refractivity contribution in [3.05, 3.63) is 34.7 Å². The summed E-state index contributed by atoms with van der Waals surface area (Å²) in [4.78, 5) is 46.6. The summed E-state index contributed by atoms with van der Waals surface area (Å²) < 4.78 is 26.9. The first-order valence-electron chi connectivity index (χ1n) is 12.1. The van der Waals surface area contributed by atoms with Gasteiger partial charge in [0.2, 0.25) is 21.7 Å². The first kappa shape index (κ1) is 29.5. The van der Waals surface area contributed by atoms with Gasteiger partial charge in [0, 0.05) is 38.0 Å². The van der Waals surface area contributed by atoms with Gasteiger partial charge in [-0.05, 0) is 43.4 Å². The van der Waals surface area contributed by atoms with Crippen LogP contribution in [-0.4, -0.2) is 74.3 Å². The molecule has 3 N–H and O–H groups in total. The SMILES string of the molecule is CC(C)(CN=O)C(O)C(=O)NCCC(=O)C(=O)NCCCc1ccc(S(=O)(=O)N2CCCCC2)cc1. The lowest BCUT2D eigenvalue weighted by atomic mass is 9.86. The summed E-state index contributed by atoms with van der Waals surface area (Å²) >= 11 is 0. The number of rotatable bonds is 14. The molecule has 1 fully saturated rings. The second-order valence-corrected chi connectivity index (χ2v) is 11.5. The molecule has 2 rings (SSSR count). The van der Waals surface area contributed by atoms with Crippen LogP contribution in [0.15, 0.2) is 34.3 Å². The molecular formula is C24H36N4O7S. The van der Waals surface area contributed by atoms with Gasteiger partial charge in [-0.1, -0.05) is 37.6 Å². The second kappa shape index (κ2) is 13.6. The van der Waals surface area contributed by atoms with Crippen molar-refractivity contribution in [3.63, 3.8) is 0 Å². The van der Waals surface area contributed by atoms with Gasteiger partial charge >= 0.3 is 0 Å². The van der Waals surface area contributed by atoms with Gasteiger partial charge in [-0.3, -0.25) is 14.4 Å². The molecule has 1 aromatic carbocycles. The molecule has 12 heteroatoms. The third-order valence-electron chi connectivity index (χ3n) is 6.17. The number of carbonyl (C=O) groups excluding carboxylic acids is 3. The number of aliphatic hydroxyl groups excluding tert-OH is 1. The number of Topliss-reactive ketones (excluding diaryl/α,β-unsaturated/α-hetero) is 1. The van der Waals surface area contributed by atoms with E-state index in [9.17, 15) is 32.8 Å². The Morgan fingerprint density at radius 2 is 1.69 bits per heavy atom. The predicted octanol–water partition coefficient (Wildman–Crippen LogP) is 1.14. The molecule has 11 nitrogen and oxygen atoms in total. The fraction of sp³-hybridized carbons (Fsp3) is 0.625. The molecular weight excluding hydrogens is 488 g/mol. The molecule has 0 aliphatic carbocycles. The van der Waals surface area contributed by atoms with Crippen molar-refractivity contribution >= 4 is 27.6 Å². The van der Waals surface area contributed by atoms with Crippen LogP contribution in [0.1, 0.15) is 51.5 Å². The maximum Gasteiger partial charge on any atom is 0.287 e. The molecule has 1 atom stereocenters. The number of hydrogen-bond acceptors (Lipinski definition) is 8. The first-order chi connectivity index (χ1) is 17.0. The van der Waals surface area contributed by atoms with E-state index in [0.717, 1.165) is 24.8 Å².